The van der Waals surface area contributed by atoms with Crippen LogP contribution in [0.15, 0.2) is 105 Å². The van der Waals surface area contributed by atoms with Crippen LogP contribution >= 0.6 is 23.5 Å². The number of thioether (sulfide) groups is 2. The lowest BCUT2D eigenvalue weighted by Crippen LogP contribution is -2.31. The molecule has 1 aliphatic heterocycles. The number of unbranched alkanes of at least 4 members (excludes halogenated alkanes) is 6. The summed E-state index contributed by atoms with van der Waals surface area (Å²) in [5.41, 5.74) is -0.130. The third kappa shape index (κ3) is 17.4. The Morgan fingerprint density at radius 1 is 0.554 bits per heavy atom. The molecule has 2 saturated carbocycles. The van der Waals surface area contributed by atoms with E-state index < -0.39 is 47.7 Å². The van der Waals surface area contributed by atoms with Crippen molar-refractivity contribution in [2.45, 2.75) is 125 Å². The van der Waals surface area contributed by atoms with Gasteiger partial charge in [-0.15, -0.1) is 0 Å². The Hall–Kier alpha value is -6.76. The van der Waals surface area contributed by atoms with Gasteiger partial charge >= 0.3 is 35.8 Å². The van der Waals surface area contributed by atoms with Crippen molar-refractivity contribution in [3.63, 3.8) is 0 Å². The summed E-state index contributed by atoms with van der Waals surface area (Å²) in [6, 6.07) is 13.7. The summed E-state index contributed by atoms with van der Waals surface area (Å²) in [5, 5.41) is 19.4. The van der Waals surface area contributed by atoms with Gasteiger partial charge in [0.2, 0.25) is 0 Å². The predicted octanol–water partition coefficient (Wildman–Crippen LogP) is 10.9. The van der Waals surface area contributed by atoms with Crippen LogP contribution in [0.4, 0.5) is 0 Å². The molecule has 1 unspecified atom stereocenters. The number of ether oxygens (including phenoxy) is 8. The topological polar surface area (TPSA) is 224 Å². The van der Waals surface area contributed by atoms with Gasteiger partial charge < -0.3 is 37.9 Å². The SMILES string of the molecule is C=CC(=O)OCCCCCCOC1=CCC(OC(=O)C2CCC(C(=O)Oc3ccc(OC(=O)C4CCC(C(=O)Oc5ccc(OCCCCCCOC(=O)C=C)cc5)CC4)c4c3SC(=C(C#N)C#N)S4)CC2)C=C1. The van der Waals surface area contributed by atoms with Crippen LogP contribution in [0.3, 0.4) is 0 Å². The first-order valence-electron chi connectivity index (χ1n) is 25.2. The molecule has 3 aliphatic carbocycles. The highest BCUT2D eigenvalue weighted by Crippen LogP contribution is 2.59. The Morgan fingerprint density at radius 3 is 1.43 bits per heavy atom. The smallest absolute Gasteiger partial charge is 0.330 e. The average Bonchev–Trinajstić information content (AvgIpc) is 3.88. The number of carbonyl (C=O) groups is 6. The van der Waals surface area contributed by atoms with E-state index in [2.05, 4.69) is 13.2 Å². The van der Waals surface area contributed by atoms with Crippen molar-refractivity contribution in [1.82, 2.24) is 0 Å². The molecule has 0 amide bonds. The standard InChI is InChI=1S/C56H62N2O14S2/c1-3-48(59)67-33-11-7-5-9-31-65-42-21-25-44(26-22-42)69-52(61)37-13-17-39(18-14-37)54(63)71-46-29-30-47(51-50(46)73-56(74-51)41(35-57)36-58)72-55(64)40-19-15-38(16-20-40)53(62)70-45-27-23-43(24-28-45)66-32-10-6-8-12-34-68-49(60)4-2/h3-4,21-27,29-30,37-40,45H,1-2,5-20,28,31-34H2. The van der Waals surface area contributed by atoms with E-state index in [-0.39, 0.29) is 34.9 Å². The highest BCUT2D eigenvalue weighted by molar-refractivity contribution is 8.24. The predicted molar refractivity (Wildman–Crippen MR) is 273 cm³/mol. The molecule has 0 bridgehead atoms. The van der Waals surface area contributed by atoms with Crippen molar-refractivity contribution >= 4 is 59.3 Å². The van der Waals surface area contributed by atoms with Crippen LogP contribution in [0.1, 0.15) is 109 Å². The number of hydrogen-bond donors (Lipinski definition) is 0. The van der Waals surface area contributed by atoms with Crippen molar-refractivity contribution in [3.05, 3.63) is 95.5 Å². The van der Waals surface area contributed by atoms with Gasteiger partial charge in [0, 0.05) is 18.6 Å². The van der Waals surface area contributed by atoms with E-state index in [1.165, 1.54) is 12.1 Å². The first kappa shape index (κ1) is 56.5. The van der Waals surface area contributed by atoms with Gasteiger partial charge in [0.15, 0.2) is 0 Å². The zero-order valence-corrected chi connectivity index (χ0v) is 43.1. The lowest BCUT2D eigenvalue weighted by atomic mass is 9.82. The van der Waals surface area contributed by atoms with Crippen molar-refractivity contribution in [1.29, 1.82) is 10.5 Å². The minimum Gasteiger partial charge on any atom is -0.494 e. The number of allylic oxidation sites excluding steroid dienone is 2. The molecule has 0 saturated heterocycles. The Labute approximate surface area is 440 Å². The van der Waals surface area contributed by atoms with E-state index in [1.54, 1.807) is 24.3 Å². The lowest BCUT2D eigenvalue weighted by molar-refractivity contribution is -0.155. The number of fused-ring (bicyclic) bond motifs is 1. The molecule has 2 fully saturated rings. The minimum absolute atomic E-state index is 0.130. The van der Waals surface area contributed by atoms with Gasteiger partial charge in [-0.3, -0.25) is 19.2 Å². The molecule has 0 N–H and O–H groups in total. The van der Waals surface area contributed by atoms with E-state index in [0.29, 0.717) is 110 Å². The molecule has 0 radical (unpaired) electrons. The van der Waals surface area contributed by atoms with Crippen molar-refractivity contribution in [2.24, 2.45) is 23.7 Å². The summed E-state index contributed by atoms with van der Waals surface area (Å²) in [4.78, 5) is 76.6. The highest BCUT2D eigenvalue weighted by atomic mass is 32.2. The summed E-state index contributed by atoms with van der Waals surface area (Å²) in [5.74, 6) is -2.04. The molecule has 16 nitrogen and oxygen atoms in total. The molecule has 0 spiro atoms. The van der Waals surface area contributed by atoms with Gasteiger partial charge in [-0.1, -0.05) is 36.7 Å². The summed E-state index contributed by atoms with van der Waals surface area (Å²) in [6.07, 6.45) is 18.2. The molecule has 18 heteroatoms. The van der Waals surface area contributed by atoms with Crippen molar-refractivity contribution in [3.8, 4) is 35.1 Å². The fraction of sp³-hybridized carbons (Fsp3) is 0.464. The van der Waals surface area contributed by atoms with E-state index in [9.17, 15) is 39.3 Å². The Balaban J connectivity index is 0.915. The van der Waals surface area contributed by atoms with Crippen LogP contribution < -0.4 is 18.9 Å². The van der Waals surface area contributed by atoms with Gasteiger partial charge in [-0.2, -0.15) is 10.5 Å². The number of hydrogen-bond acceptors (Lipinski definition) is 18. The molecule has 392 valence electrons. The molecule has 6 rings (SSSR count). The largest absolute Gasteiger partial charge is 0.494 e. The summed E-state index contributed by atoms with van der Waals surface area (Å²) >= 11 is 2.18. The molecule has 74 heavy (non-hydrogen) atoms. The van der Waals surface area contributed by atoms with E-state index in [4.69, 9.17) is 37.9 Å². The quantitative estimate of drug-likeness (QED) is 0.0213. The van der Waals surface area contributed by atoms with Crippen molar-refractivity contribution < 1.29 is 66.7 Å². The molecular formula is C56H62N2O14S2. The lowest BCUT2D eigenvalue weighted by Gasteiger charge is -2.27. The van der Waals surface area contributed by atoms with Gasteiger partial charge in [-0.25, -0.2) is 9.59 Å². The Bertz CT molecular complexity index is 2510. The van der Waals surface area contributed by atoms with Gasteiger partial charge in [0.25, 0.3) is 0 Å². The second-order valence-electron chi connectivity index (χ2n) is 18.1. The fourth-order valence-corrected chi connectivity index (χ4v) is 11.1. The van der Waals surface area contributed by atoms with E-state index in [0.717, 1.165) is 92.8 Å². The maximum atomic E-state index is 13.6. The average molecular weight is 1050 g/mol. The maximum absolute atomic E-state index is 13.6. The molecule has 0 aromatic heterocycles. The number of rotatable bonds is 26. The van der Waals surface area contributed by atoms with Gasteiger partial charge in [0.05, 0.1) is 64.1 Å². The van der Waals surface area contributed by atoms with Crippen LogP contribution in [-0.4, -0.2) is 68.3 Å². The normalized spacial score (nSPS) is 19.7. The first-order chi connectivity index (χ1) is 36.0. The number of nitrogens with zero attached hydrogens (tertiary/aromatic N) is 2. The third-order valence-corrected chi connectivity index (χ3v) is 15.5. The second kappa shape index (κ2) is 29.8. The summed E-state index contributed by atoms with van der Waals surface area (Å²) in [7, 11) is 0. The number of nitriles is 2. The van der Waals surface area contributed by atoms with E-state index >= 15 is 0 Å². The molecule has 1 heterocycles. The summed E-state index contributed by atoms with van der Waals surface area (Å²) in [6.45, 7) is 8.56. The van der Waals surface area contributed by atoms with Crippen LogP contribution in [0.2, 0.25) is 0 Å². The van der Waals surface area contributed by atoms with Gasteiger partial charge in [0.1, 0.15) is 52.6 Å². The number of benzene rings is 2. The maximum Gasteiger partial charge on any atom is 0.330 e. The van der Waals surface area contributed by atoms with Crippen LogP contribution in [-0.2, 0) is 47.7 Å². The van der Waals surface area contributed by atoms with Crippen molar-refractivity contribution in [2.75, 3.05) is 26.4 Å². The highest BCUT2D eigenvalue weighted by Gasteiger charge is 2.37. The Morgan fingerprint density at radius 2 is 0.986 bits per heavy atom. The molecular weight excluding hydrogens is 989 g/mol. The van der Waals surface area contributed by atoms with Crippen LogP contribution in [0, 0.1) is 46.3 Å². The van der Waals surface area contributed by atoms with E-state index in [1.807, 2.05) is 30.4 Å². The van der Waals surface area contributed by atoms with Crippen LogP contribution in [0.25, 0.3) is 0 Å². The molecule has 2 aromatic carbocycles. The zero-order chi connectivity index (χ0) is 52.7. The Kier molecular flexibility index (Phi) is 22.8. The third-order valence-electron chi connectivity index (χ3n) is 12.8. The van der Waals surface area contributed by atoms with Crippen LogP contribution in [0.5, 0.6) is 23.0 Å². The second-order valence-corrected chi connectivity index (χ2v) is 20.4. The fourth-order valence-electron chi connectivity index (χ4n) is 8.60. The monoisotopic (exact) mass is 1050 g/mol. The zero-order valence-electron chi connectivity index (χ0n) is 41.4. The minimum atomic E-state index is -0.487. The molecule has 4 aliphatic rings. The molecule has 2 aromatic rings. The summed E-state index contributed by atoms with van der Waals surface area (Å²) < 4.78 is 45.4. The first-order valence-corrected chi connectivity index (χ1v) is 26.9. The molecule has 1 atom stereocenters. The number of carbonyl (C=O) groups excluding carboxylic acids is 6. The van der Waals surface area contributed by atoms with Gasteiger partial charge in [-0.05, 0) is 157 Å². The number of esters is 6.